The molecule has 0 unspecified atom stereocenters. The Bertz CT molecular complexity index is 468. The van der Waals surface area contributed by atoms with Crippen LogP contribution in [0.25, 0.3) is 0 Å². The largest absolute Gasteiger partial charge is 0.490 e. The summed E-state index contributed by atoms with van der Waals surface area (Å²) in [6.45, 7) is 9.09. The van der Waals surface area contributed by atoms with Gasteiger partial charge in [0.2, 0.25) is 0 Å². The number of hydrogen-bond donors (Lipinski definition) is 0. The number of carbonyl (C=O) groups excluding carboxylic acids is 1. The molecule has 0 aliphatic carbocycles. The zero-order valence-corrected chi connectivity index (χ0v) is 13.4. The van der Waals surface area contributed by atoms with Crippen molar-refractivity contribution in [2.24, 2.45) is 5.41 Å². The Morgan fingerprint density at radius 2 is 1.71 bits per heavy atom. The summed E-state index contributed by atoms with van der Waals surface area (Å²) in [6.07, 6.45) is 1.92. The van der Waals surface area contributed by atoms with Gasteiger partial charge in [-0.05, 0) is 39.8 Å². The van der Waals surface area contributed by atoms with E-state index in [0.29, 0.717) is 0 Å². The van der Waals surface area contributed by atoms with Crippen molar-refractivity contribution in [2.45, 2.75) is 46.6 Å². The van der Waals surface area contributed by atoms with Crippen molar-refractivity contribution in [3.63, 3.8) is 0 Å². The molecule has 2 rings (SSSR count). The number of aryl methyl sites for hydroxylation is 1. The number of piperidine rings is 1. The fourth-order valence-corrected chi connectivity index (χ4v) is 2.10. The third kappa shape index (κ3) is 4.74. The molecule has 1 heterocycles. The van der Waals surface area contributed by atoms with Crippen molar-refractivity contribution in [3.8, 4) is 5.75 Å². The molecule has 0 amide bonds. The quantitative estimate of drug-likeness (QED) is 0.856. The fraction of sp³-hybridized carbons (Fsp3) is 0.588. The van der Waals surface area contributed by atoms with Crippen molar-refractivity contribution in [1.82, 2.24) is 5.06 Å². The molecule has 4 nitrogen and oxygen atoms in total. The molecule has 1 aromatic rings. The van der Waals surface area contributed by atoms with Crippen LogP contribution in [0.15, 0.2) is 24.3 Å². The third-order valence-corrected chi connectivity index (χ3v) is 3.55. The summed E-state index contributed by atoms with van der Waals surface area (Å²) < 4.78 is 5.96. The van der Waals surface area contributed by atoms with Gasteiger partial charge in [-0.2, -0.15) is 0 Å². The summed E-state index contributed by atoms with van der Waals surface area (Å²) in [6, 6.07) is 8.10. The van der Waals surface area contributed by atoms with Crippen LogP contribution in [0.5, 0.6) is 5.75 Å². The Labute approximate surface area is 127 Å². The molecule has 0 N–H and O–H groups in total. The van der Waals surface area contributed by atoms with E-state index >= 15 is 0 Å². The first kappa shape index (κ1) is 15.8. The Hall–Kier alpha value is -1.55. The van der Waals surface area contributed by atoms with E-state index < -0.39 is 5.41 Å². The Morgan fingerprint density at radius 3 is 2.24 bits per heavy atom. The van der Waals surface area contributed by atoms with Gasteiger partial charge in [-0.1, -0.05) is 17.7 Å². The van der Waals surface area contributed by atoms with Gasteiger partial charge in [0, 0.05) is 25.9 Å². The maximum atomic E-state index is 11.8. The summed E-state index contributed by atoms with van der Waals surface area (Å²) in [7, 11) is 0. The van der Waals surface area contributed by atoms with E-state index in [-0.39, 0.29) is 12.1 Å². The predicted octanol–water partition coefficient (Wildman–Crippen LogP) is 3.34. The maximum Gasteiger partial charge on any atom is 0.330 e. The third-order valence-electron chi connectivity index (χ3n) is 3.55. The number of carbonyl (C=O) groups is 1. The van der Waals surface area contributed by atoms with E-state index in [0.717, 1.165) is 31.7 Å². The molecule has 0 radical (unpaired) electrons. The van der Waals surface area contributed by atoms with E-state index in [4.69, 9.17) is 9.57 Å². The standard InChI is InChI=1S/C17H25NO3/c1-13-5-7-14(8-6-13)20-15-9-11-18(12-10-15)21-16(19)17(2,3)4/h5-8,15H,9-12H2,1-4H3. The second kappa shape index (κ2) is 6.48. The van der Waals surface area contributed by atoms with Gasteiger partial charge in [0.05, 0.1) is 5.41 Å². The summed E-state index contributed by atoms with van der Waals surface area (Å²) in [5.74, 6) is 0.728. The average molecular weight is 291 g/mol. The lowest BCUT2D eigenvalue weighted by molar-refractivity contribution is -0.207. The van der Waals surface area contributed by atoms with Crippen LogP contribution in [0.3, 0.4) is 0 Å². The van der Waals surface area contributed by atoms with Crippen molar-refractivity contribution >= 4 is 5.97 Å². The molecule has 0 spiro atoms. The van der Waals surface area contributed by atoms with Crippen LogP contribution >= 0.6 is 0 Å². The summed E-state index contributed by atoms with van der Waals surface area (Å²) in [5.41, 5.74) is 0.765. The molecule has 1 saturated heterocycles. The van der Waals surface area contributed by atoms with Gasteiger partial charge >= 0.3 is 5.97 Å². The zero-order valence-electron chi connectivity index (χ0n) is 13.4. The summed E-state index contributed by atoms with van der Waals surface area (Å²) >= 11 is 0. The van der Waals surface area contributed by atoms with Gasteiger partial charge in [-0.25, -0.2) is 4.79 Å². The first-order valence-electron chi connectivity index (χ1n) is 7.55. The zero-order chi connectivity index (χ0) is 15.5. The van der Waals surface area contributed by atoms with E-state index in [9.17, 15) is 4.79 Å². The lowest BCUT2D eigenvalue weighted by Gasteiger charge is -2.32. The molecule has 0 bridgehead atoms. The lowest BCUT2D eigenvalue weighted by Crippen LogP contribution is -2.41. The number of hydrogen-bond acceptors (Lipinski definition) is 4. The molecule has 21 heavy (non-hydrogen) atoms. The monoisotopic (exact) mass is 291 g/mol. The molecule has 1 aromatic carbocycles. The van der Waals surface area contributed by atoms with Crippen LogP contribution in [-0.2, 0) is 9.63 Å². The van der Waals surface area contributed by atoms with Crippen LogP contribution in [0.2, 0.25) is 0 Å². The molecule has 1 aliphatic heterocycles. The summed E-state index contributed by atoms with van der Waals surface area (Å²) in [5, 5.41) is 1.75. The lowest BCUT2D eigenvalue weighted by atomic mass is 9.98. The minimum Gasteiger partial charge on any atom is -0.490 e. The van der Waals surface area contributed by atoms with Gasteiger partial charge < -0.3 is 9.57 Å². The molecular weight excluding hydrogens is 266 g/mol. The summed E-state index contributed by atoms with van der Waals surface area (Å²) in [4.78, 5) is 17.3. The molecule has 0 saturated carbocycles. The van der Waals surface area contributed by atoms with E-state index in [1.165, 1.54) is 5.56 Å². The van der Waals surface area contributed by atoms with Crippen LogP contribution in [0.1, 0.15) is 39.2 Å². The second-order valence-electron chi connectivity index (χ2n) is 6.69. The van der Waals surface area contributed by atoms with Crippen LogP contribution in [-0.4, -0.2) is 30.2 Å². The Balaban J connectivity index is 1.78. The average Bonchev–Trinajstić information content (AvgIpc) is 2.42. The van der Waals surface area contributed by atoms with Gasteiger partial charge in [-0.15, -0.1) is 5.06 Å². The minimum absolute atomic E-state index is 0.180. The highest BCUT2D eigenvalue weighted by atomic mass is 16.7. The van der Waals surface area contributed by atoms with E-state index in [1.54, 1.807) is 5.06 Å². The minimum atomic E-state index is -0.463. The molecule has 0 aromatic heterocycles. The molecule has 1 fully saturated rings. The van der Waals surface area contributed by atoms with Gasteiger partial charge in [-0.3, -0.25) is 0 Å². The highest BCUT2D eigenvalue weighted by Crippen LogP contribution is 2.21. The maximum absolute atomic E-state index is 11.8. The predicted molar refractivity (Wildman–Crippen MR) is 81.9 cm³/mol. The van der Waals surface area contributed by atoms with E-state index in [2.05, 4.69) is 19.1 Å². The Morgan fingerprint density at radius 1 is 1.14 bits per heavy atom. The molecule has 116 valence electrons. The first-order valence-corrected chi connectivity index (χ1v) is 7.55. The van der Waals surface area contributed by atoms with Gasteiger partial charge in [0.1, 0.15) is 11.9 Å². The number of benzene rings is 1. The second-order valence-corrected chi connectivity index (χ2v) is 6.69. The molecule has 0 atom stereocenters. The van der Waals surface area contributed by atoms with Crippen molar-refractivity contribution < 1.29 is 14.4 Å². The normalized spacial score (nSPS) is 17.5. The highest BCUT2D eigenvalue weighted by molar-refractivity contribution is 5.75. The molecular formula is C17H25NO3. The van der Waals surface area contributed by atoms with Crippen LogP contribution < -0.4 is 4.74 Å². The van der Waals surface area contributed by atoms with Gasteiger partial charge in [0.15, 0.2) is 0 Å². The van der Waals surface area contributed by atoms with Crippen LogP contribution in [0, 0.1) is 12.3 Å². The van der Waals surface area contributed by atoms with Crippen molar-refractivity contribution in [3.05, 3.63) is 29.8 Å². The van der Waals surface area contributed by atoms with Crippen molar-refractivity contribution in [1.29, 1.82) is 0 Å². The van der Waals surface area contributed by atoms with Gasteiger partial charge in [0.25, 0.3) is 0 Å². The smallest absolute Gasteiger partial charge is 0.330 e. The first-order chi connectivity index (χ1) is 9.84. The van der Waals surface area contributed by atoms with Crippen molar-refractivity contribution in [2.75, 3.05) is 13.1 Å². The number of hydroxylamine groups is 2. The van der Waals surface area contributed by atoms with E-state index in [1.807, 2.05) is 32.9 Å². The highest BCUT2D eigenvalue weighted by Gasteiger charge is 2.28. The number of ether oxygens (including phenoxy) is 1. The number of nitrogens with zero attached hydrogens (tertiary/aromatic N) is 1. The topological polar surface area (TPSA) is 38.8 Å². The van der Waals surface area contributed by atoms with Crippen LogP contribution in [0.4, 0.5) is 0 Å². The fourth-order valence-electron chi connectivity index (χ4n) is 2.10. The molecule has 4 heteroatoms. The number of rotatable bonds is 3. The molecule has 1 aliphatic rings. The SMILES string of the molecule is Cc1ccc(OC2CCN(OC(=O)C(C)(C)C)CC2)cc1. The Kier molecular flexibility index (Phi) is 4.88.